The summed E-state index contributed by atoms with van der Waals surface area (Å²) in [6.45, 7) is 1.61. The molecule has 20 heavy (non-hydrogen) atoms. The van der Waals surface area contributed by atoms with Crippen molar-refractivity contribution in [1.82, 2.24) is 9.80 Å². The molecule has 0 aliphatic carbocycles. The van der Waals surface area contributed by atoms with Crippen LogP contribution in [0.4, 0.5) is 0 Å². The molecule has 2 N–H and O–H groups in total. The fourth-order valence-electron chi connectivity index (χ4n) is 2.57. The number of carbonyl (C=O) groups excluding carboxylic acids is 1. The van der Waals surface area contributed by atoms with Gasteiger partial charge in [-0.05, 0) is 39.1 Å². The Labute approximate surface area is 125 Å². The standard InChI is InChI=1S/C15H21N3OS/c1-17(2)13-6-8-18(9-7-13)15(19)12-5-3-4-11(10-12)14(16)20/h3-5,10,13H,6-9H2,1-2H3,(H2,16,20). The number of benzene rings is 1. The van der Waals surface area contributed by atoms with E-state index in [9.17, 15) is 4.79 Å². The van der Waals surface area contributed by atoms with Gasteiger partial charge in [0.25, 0.3) is 5.91 Å². The van der Waals surface area contributed by atoms with Gasteiger partial charge in [-0.15, -0.1) is 0 Å². The summed E-state index contributed by atoms with van der Waals surface area (Å²) in [6.07, 6.45) is 2.04. The van der Waals surface area contributed by atoms with Gasteiger partial charge in [0.2, 0.25) is 0 Å². The van der Waals surface area contributed by atoms with Crippen LogP contribution in [-0.4, -0.2) is 53.9 Å². The van der Waals surface area contributed by atoms with Crippen LogP contribution in [0.3, 0.4) is 0 Å². The number of hydrogen-bond acceptors (Lipinski definition) is 3. The molecule has 1 amide bonds. The second-order valence-corrected chi connectivity index (χ2v) is 5.87. The first kappa shape index (κ1) is 14.9. The molecule has 1 aliphatic rings. The number of thiocarbonyl (C=S) groups is 1. The number of nitrogens with two attached hydrogens (primary N) is 1. The van der Waals surface area contributed by atoms with Crippen LogP contribution in [0.15, 0.2) is 24.3 Å². The van der Waals surface area contributed by atoms with Crippen LogP contribution < -0.4 is 5.73 Å². The minimum atomic E-state index is 0.0697. The highest BCUT2D eigenvalue weighted by molar-refractivity contribution is 7.80. The van der Waals surface area contributed by atoms with Crippen molar-refractivity contribution in [3.63, 3.8) is 0 Å². The molecular formula is C15H21N3OS. The maximum Gasteiger partial charge on any atom is 0.253 e. The monoisotopic (exact) mass is 291 g/mol. The van der Waals surface area contributed by atoms with Gasteiger partial charge in [-0.25, -0.2) is 0 Å². The normalized spacial score (nSPS) is 16.4. The molecule has 0 atom stereocenters. The van der Waals surface area contributed by atoms with E-state index < -0.39 is 0 Å². The Kier molecular flexibility index (Phi) is 4.73. The lowest BCUT2D eigenvalue weighted by Crippen LogP contribution is -2.44. The number of piperidine rings is 1. The lowest BCUT2D eigenvalue weighted by molar-refractivity contribution is 0.0663. The smallest absolute Gasteiger partial charge is 0.253 e. The van der Waals surface area contributed by atoms with Crippen molar-refractivity contribution >= 4 is 23.1 Å². The van der Waals surface area contributed by atoms with E-state index in [-0.39, 0.29) is 5.91 Å². The first-order chi connectivity index (χ1) is 9.49. The zero-order valence-electron chi connectivity index (χ0n) is 12.0. The van der Waals surface area contributed by atoms with E-state index in [1.165, 1.54) is 0 Å². The Bertz CT molecular complexity index is 508. The summed E-state index contributed by atoms with van der Waals surface area (Å²) < 4.78 is 0. The topological polar surface area (TPSA) is 49.6 Å². The van der Waals surface area contributed by atoms with Crippen LogP contribution in [0, 0.1) is 0 Å². The Morgan fingerprint density at radius 1 is 1.30 bits per heavy atom. The molecule has 4 nitrogen and oxygen atoms in total. The molecule has 1 heterocycles. The third-order valence-electron chi connectivity index (χ3n) is 3.88. The van der Waals surface area contributed by atoms with Crippen molar-refractivity contribution < 1.29 is 4.79 Å². The summed E-state index contributed by atoms with van der Waals surface area (Å²) in [5, 5.41) is 0. The molecule has 2 rings (SSSR count). The average Bonchev–Trinajstić information content (AvgIpc) is 2.46. The molecule has 5 heteroatoms. The number of nitrogens with zero attached hydrogens (tertiary/aromatic N) is 2. The first-order valence-electron chi connectivity index (χ1n) is 6.84. The highest BCUT2D eigenvalue weighted by Crippen LogP contribution is 2.17. The van der Waals surface area contributed by atoms with Crippen molar-refractivity contribution in [2.24, 2.45) is 5.73 Å². The van der Waals surface area contributed by atoms with Gasteiger partial charge in [0.15, 0.2) is 0 Å². The lowest BCUT2D eigenvalue weighted by Gasteiger charge is -2.35. The summed E-state index contributed by atoms with van der Waals surface area (Å²) in [4.78, 5) is 17.0. The molecule has 0 saturated carbocycles. The van der Waals surface area contributed by atoms with Crippen LogP contribution in [0.2, 0.25) is 0 Å². The molecule has 0 bridgehead atoms. The van der Waals surface area contributed by atoms with Crippen molar-refractivity contribution in [3.8, 4) is 0 Å². The molecule has 0 unspecified atom stereocenters. The predicted molar refractivity (Wildman–Crippen MR) is 84.9 cm³/mol. The van der Waals surface area contributed by atoms with Gasteiger partial charge < -0.3 is 15.5 Å². The molecule has 0 aromatic heterocycles. The van der Waals surface area contributed by atoms with E-state index in [4.69, 9.17) is 18.0 Å². The average molecular weight is 291 g/mol. The molecular weight excluding hydrogens is 270 g/mol. The molecule has 1 aliphatic heterocycles. The Morgan fingerprint density at radius 3 is 2.45 bits per heavy atom. The minimum Gasteiger partial charge on any atom is -0.389 e. The van der Waals surface area contributed by atoms with Crippen LogP contribution in [0.25, 0.3) is 0 Å². The van der Waals surface area contributed by atoms with Gasteiger partial charge >= 0.3 is 0 Å². The van der Waals surface area contributed by atoms with E-state index in [2.05, 4.69) is 19.0 Å². The number of amides is 1. The molecule has 1 saturated heterocycles. The van der Waals surface area contributed by atoms with Crippen molar-refractivity contribution in [3.05, 3.63) is 35.4 Å². The van der Waals surface area contributed by atoms with Gasteiger partial charge in [-0.3, -0.25) is 4.79 Å². The van der Waals surface area contributed by atoms with Crippen LogP contribution >= 0.6 is 12.2 Å². The SMILES string of the molecule is CN(C)C1CCN(C(=O)c2cccc(C(N)=S)c2)CC1. The fourth-order valence-corrected chi connectivity index (χ4v) is 2.70. The summed E-state index contributed by atoms with van der Waals surface area (Å²) in [7, 11) is 4.18. The summed E-state index contributed by atoms with van der Waals surface area (Å²) in [6, 6.07) is 7.83. The second kappa shape index (κ2) is 6.33. The van der Waals surface area contributed by atoms with E-state index in [1.54, 1.807) is 6.07 Å². The Balaban J connectivity index is 2.05. The first-order valence-corrected chi connectivity index (χ1v) is 7.25. The van der Waals surface area contributed by atoms with Crippen LogP contribution in [-0.2, 0) is 0 Å². The zero-order valence-corrected chi connectivity index (χ0v) is 12.8. The highest BCUT2D eigenvalue weighted by atomic mass is 32.1. The molecule has 1 aromatic rings. The third kappa shape index (κ3) is 3.35. The minimum absolute atomic E-state index is 0.0697. The Hall–Kier alpha value is -1.46. The number of carbonyl (C=O) groups is 1. The van der Waals surface area contributed by atoms with Gasteiger partial charge in [0.05, 0.1) is 0 Å². The van der Waals surface area contributed by atoms with E-state index >= 15 is 0 Å². The van der Waals surface area contributed by atoms with Crippen LogP contribution in [0.1, 0.15) is 28.8 Å². The Morgan fingerprint density at radius 2 is 1.90 bits per heavy atom. The number of rotatable bonds is 3. The van der Waals surface area contributed by atoms with Gasteiger partial charge in [0.1, 0.15) is 4.99 Å². The molecule has 108 valence electrons. The van der Waals surface area contributed by atoms with Crippen molar-refractivity contribution in [2.75, 3.05) is 27.2 Å². The largest absolute Gasteiger partial charge is 0.389 e. The number of hydrogen-bond donors (Lipinski definition) is 1. The number of likely N-dealkylation sites (tertiary alicyclic amines) is 1. The fraction of sp³-hybridized carbons (Fsp3) is 0.467. The predicted octanol–water partition coefficient (Wildman–Crippen LogP) is 1.49. The summed E-state index contributed by atoms with van der Waals surface area (Å²) >= 11 is 4.96. The second-order valence-electron chi connectivity index (χ2n) is 5.43. The van der Waals surface area contributed by atoms with E-state index in [1.807, 2.05) is 23.1 Å². The molecule has 0 spiro atoms. The molecule has 1 aromatic carbocycles. The van der Waals surface area contributed by atoms with Gasteiger partial charge in [-0.2, -0.15) is 0 Å². The van der Waals surface area contributed by atoms with Crippen molar-refractivity contribution in [2.45, 2.75) is 18.9 Å². The van der Waals surface area contributed by atoms with Crippen LogP contribution in [0.5, 0.6) is 0 Å². The van der Waals surface area contributed by atoms with Gasteiger partial charge in [0, 0.05) is 30.3 Å². The zero-order chi connectivity index (χ0) is 14.7. The van der Waals surface area contributed by atoms with E-state index in [0.717, 1.165) is 31.5 Å². The molecule has 1 fully saturated rings. The molecule has 0 radical (unpaired) electrons. The quantitative estimate of drug-likeness (QED) is 0.857. The van der Waals surface area contributed by atoms with Crippen molar-refractivity contribution in [1.29, 1.82) is 0 Å². The van der Waals surface area contributed by atoms with E-state index in [0.29, 0.717) is 16.6 Å². The highest BCUT2D eigenvalue weighted by Gasteiger charge is 2.24. The maximum absolute atomic E-state index is 12.5. The maximum atomic E-state index is 12.5. The lowest BCUT2D eigenvalue weighted by atomic mass is 10.0. The summed E-state index contributed by atoms with van der Waals surface area (Å²) in [5.41, 5.74) is 7.02. The van der Waals surface area contributed by atoms with Gasteiger partial charge in [-0.1, -0.05) is 24.4 Å². The third-order valence-corrected chi connectivity index (χ3v) is 4.11. The summed E-state index contributed by atoms with van der Waals surface area (Å²) in [5.74, 6) is 0.0697.